The van der Waals surface area contributed by atoms with E-state index in [-0.39, 0.29) is 22.9 Å². The van der Waals surface area contributed by atoms with Gasteiger partial charge in [0, 0.05) is 5.54 Å². The van der Waals surface area contributed by atoms with Crippen molar-refractivity contribution in [3.05, 3.63) is 47.1 Å². The molecule has 1 N–H and O–H groups in total. The number of hydrogen-bond donors (Lipinski definition) is 1. The summed E-state index contributed by atoms with van der Waals surface area (Å²) in [7, 11) is 0. The van der Waals surface area contributed by atoms with Crippen LogP contribution < -0.4 is 10.9 Å². The van der Waals surface area contributed by atoms with Crippen molar-refractivity contribution in [3.63, 3.8) is 0 Å². The largest absolute Gasteiger partial charge is 0.350 e. The number of fused-ring (bicyclic) bond motifs is 3. The second-order valence-corrected chi connectivity index (χ2v) is 7.83. The lowest BCUT2D eigenvalue weighted by Crippen LogP contribution is -2.46. The maximum absolute atomic E-state index is 13.2. The Morgan fingerprint density at radius 2 is 1.88 bits per heavy atom. The fourth-order valence-corrected chi connectivity index (χ4v) is 3.42. The first-order valence-electron chi connectivity index (χ1n) is 8.64. The van der Waals surface area contributed by atoms with Gasteiger partial charge >= 0.3 is 0 Å². The molecule has 1 saturated carbocycles. The van der Waals surface area contributed by atoms with Crippen LogP contribution in [0.5, 0.6) is 0 Å². The van der Waals surface area contributed by atoms with Crippen LogP contribution in [0.15, 0.2) is 41.6 Å². The van der Waals surface area contributed by atoms with E-state index in [0.29, 0.717) is 5.52 Å². The Balaban J connectivity index is 1.98. The van der Waals surface area contributed by atoms with Crippen molar-refractivity contribution in [1.29, 1.82) is 0 Å². The van der Waals surface area contributed by atoms with Crippen molar-refractivity contribution >= 4 is 22.5 Å². The van der Waals surface area contributed by atoms with E-state index in [0.717, 1.165) is 23.9 Å². The molecule has 0 bridgehead atoms. The highest BCUT2D eigenvalue weighted by Crippen LogP contribution is 2.40. The predicted octanol–water partition coefficient (Wildman–Crippen LogP) is 2.52. The van der Waals surface area contributed by atoms with Crippen LogP contribution in [0, 0.1) is 5.92 Å². The van der Waals surface area contributed by atoms with Gasteiger partial charge < -0.3 is 5.32 Å². The molecule has 1 unspecified atom stereocenters. The Kier molecular flexibility index (Phi) is 3.45. The van der Waals surface area contributed by atoms with Crippen molar-refractivity contribution in [3.8, 4) is 0 Å². The molecule has 1 aliphatic rings. The van der Waals surface area contributed by atoms with Crippen molar-refractivity contribution in [2.24, 2.45) is 5.92 Å². The molecule has 1 atom stereocenters. The lowest BCUT2D eigenvalue weighted by atomic mass is 10.1. The SMILES string of the molecule is CC(C)(C)NC(=O)C(C1CC1)n1c(=O)c2cncn2c2ccccc21. The quantitative estimate of drug-likeness (QED) is 0.798. The molecule has 0 saturated heterocycles. The third kappa shape index (κ3) is 2.71. The van der Waals surface area contributed by atoms with Gasteiger partial charge in [-0.3, -0.25) is 18.6 Å². The number of carbonyl (C=O) groups is 1. The summed E-state index contributed by atoms with van der Waals surface area (Å²) in [4.78, 5) is 30.3. The van der Waals surface area contributed by atoms with Crippen LogP contribution in [-0.2, 0) is 4.79 Å². The maximum atomic E-state index is 13.2. The van der Waals surface area contributed by atoms with Gasteiger partial charge in [0.05, 0.1) is 23.6 Å². The predicted molar refractivity (Wildman–Crippen MR) is 96.6 cm³/mol. The Morgan fingerprint density at radius 1 is 1.20 bits per heavy atom. The topological polar surface area (TPSA) is 68.4 Å². The minimum absolute atomic E-state index is 0.0916. The molecule has 25 heavy (non-hydrogen) atoms. The highest BCUT2D eigenvalue weighted by molar-refractivity contribution is 5.86. The number of nitrogens with one attached hydrogen (secondary N) is 1. The molecule has 1 amide bonds. The number of nitrogens with zero attached hydrogens (tertiary/aromatic N) is 3. The van der Waals surface area contributed by atoms with Gasteiger partial charge in [0.25, 0.3) is 5.56 Å². The Morgan fingerprint density at radius 3 is 2.52 bits per heavy atom. The number of amides is 1. The lowest BCUT2D eigenvalue weighted by molar-refractivity contribution is -0.126. The van der Waals surface area contributed by atoms with E-state index in [1.807, 2.05) is 45.0 Å². The Labute approximate surface area is 145 Å². The van der Waals surface area contributed by atoms with E-state index in [1.165, 1.54) is 0 Å². The average Bonchev–Trinajstić information content (AvgIpc) is 3.23. The van der Waals surface area contributed by atoms with E-state index >= 15 is 0 Å². The van der Waals surface area contributed by atoms with E-state index in [2.05, 4.69) is 10.3 Å². The molecular formula is C19H22N4O2. The van der Waals surface area contributed by atoms with Crippen LogP contribution >= 0.6 is 0 Å². The minimum atomic E-state index is -0.489. The van der Waals surface area contributed by atoms with Gasteiger partial charge in [-0.15, -0.1) is 0 Å². The van der Waals surface area contributed by atoms with Gasteiger partial charge in [0.15, 0.2) is 0 Å². The molecule has 6 nitrogen and oxygen atoms in total. The summed E-state index contributed by atoms with van der Waals surface area (Å²) < 4.78 is 3.46. The van der Waals surface area contributed by atoms with Gasteiger partial charge in [-0.1, -0.05) is 12.1 Å². The zero-order valence-electron chi connectivity index (χ0n) is 14.7. The van der Waals surface area contributed by atoms with Crippen LogP contribution in [0.25, 0.3) is 16.6 Å². The van der Waals surface area contributed by atoms with Crippen LogP contribution in [0.3, 0.4) is 0 Å². The van der Waals surface area contributed by atoms with E-state index < -0.39 is 6.04 Å². The van der Waals surface area contributed by atoms with E-state index in [4.69, 9.17) is 0 Å². The standard InChI is InChI=1S/C19H22N4O2/c1-19(2,3)21-17(24)16(12-8-9-12)23-14-7-5-4-6-13(14)22-11-20-10-15(22)18(23)25/h4-7,10-12,16H,8-9H2,1-3H3,(H,21,24). The van der Waals surface area contributed by atoms with Gasteiger partial charge in [-0.05, 0) is 51.7 Å². The maximum Gasteiger partial charge on any atom is 0.277 e. The van der Waals surface area contributed by atoms with Crippen molar-refractivity contribution in [2.75, 3.05) is 0 Å². The summed E-state index contributed by atoms with van der Waals surface area (Å²) in [5, 5.41) is 3.05. The first kappa shape index (κ1) is 15.9. The van der Waals surface area contributed by atoms with E-state index in [9.17, 15) is 9.59 Å². The molecule has 0 aliphatic heterocycles. The fraction of sp³-hybridized carbons (Fsp3) is 0.421. The number of carbonyl (C=O) groups excluding carboxylic acids is 1. The minimum Gasteiger partial charge on any atom is -0.350 e. The monoisotopic (exact) mass is 338 g/mol. The van der Waals surface area contributed by atoms with Crippen LogP contribution in [0.4, 0.5) is 0 Å². The first-order valence-corrected chi connectivity index (χ1v) is 8.64. The molecule has 0 radical (unpaired) electrons. The second kappa shape index (κ2) is 5.44. The molecular weight excluding hydrogens is 316 g/mol. The zero-order chi connectivity index (χ0) is 17.8. The van der Waals surface area contributed by atoms with Crippen molar-refractivity contribution in [1.82, 2.24) is 19.3 Å². The molecule has 6 heteroatoms. The number of rotatable bonds is 3. The third-order valence-corrected chi connectivity index (χ3v) is 4.59. The van der Waals surface area contributed by atoms with Gasteiger partial charge in [0.2, 0.25) is 5.91 Å². The molecule has 3 aromatic rings. The third-order valence-electron chi connectivity index (χ3n) is 4.59. The number of para-hydroxylation sites is 2. The van der Waals surface area contributed by atoms with Crippen LogP contribution in [-0.4, -0.2) is 25.4 Å². The second-order valence-electron chi connectivity index (χ2n) is 7.83. The van der Waals surface area contributed by atoms with E-state index in [1.54, 1.807) is 21.5 Å². The molecule has 1 aromatic carbocycles. The summed E-state index contributed by atoms with van der Waals surface area (Å²) >= 11 is 0. The molecule has 130 valence electrons. The molecule has 2 aromatic heterocycles. The molecule has 1 aliphatic carbocycles. The highest BCUT2D eigenvalue weighted by Gasteiger charge is 2.40. The normalized spacial score (nSPS) is 16.3. The zero-order valence-corrected chi connectivity index (χ0v) is 14.7. The highest BCUT2D eigenvalue weighted by atomic mass is 16.2. The number of imidazole rings is 1. The molecule has 2 heterocycles. The molecule has 1 fully saturated rings. The fourth-order valence-electron chi connectivity index (χ4n) is 3.42. The van der Waals surface area contributed by atoms with Gasteiger partial charge in [-0.2, -0.15) is 0 Å². The van der Waals surface area contributed by atoms with Crippen molar-refractivity contribution < 1.29 is 4.79 Å². The first-order chi connectivity index (χ1) is 11.9. The summed E-state index contributed by atoms with van der Waals surface area (Å²) in [6.45, 7) is 5.86. The van der Waals surface area contributed by atoms with Crippen LogP contribution in [0.2, 0.25) is 0 Å². The summed E-state index contributed by atoms with van der Waals surface area (Å²) in [5.74, 6) is 0.111. The average molecular weight is 338 g/mol. The Bertz CT molecular complexity index is 1020. The van der Waals surface area contributed by atoms with Crippen molar-refractivity contribution in [2.45, 2.75) is 45.2 Å². The van der Waals surface area contributed by atoms with Crippen LogP contribution in [0.1, 0.15) is 39.7 Å². The number of hydrogen-bond acceptors (Lipinski definition) is 3. The van der Waals surface area contributed by atoms with Gasteiger partial charge in [0.1, 0.15) is 11.6 Å². The van der Waals surface area contributed by atoms with Gasteiger partial charge in [-0.25, -0.2) is 4.98 Å². The summed E-state index contributed by atoms with van der Waals surface area (Å²) in [5.41, 5.74) is 1.62. The number of aromatic nitrogens is 3. The number of benzene rings is 1. The molecule has 4 rings (SSSR count). The summed E-state index contributed by atoms with van der Waals surface area (Å²) in [6, 6.07) is 7.18. The summed E-state index contributed by atoms with van der Waals surface area (Å²) in [6.07, 6.45) is 5.14. The lowest BCUT2D eigenvalue weighted by Gasteiger charge is -2.27. The molecule has 0 spiro atoms. The smallest absolute Gasteiger partial charge is 0.277 e. The Hall–Kier alpha value is -2.63.